The predicted molar refractivity (Wildman–Crippen MR) is 116 cm³/mol. The Morgan fingerprint density at radius 3 is 1.65 bits per heavy atom. The number of hydrogen-bond donors (Lipinski definition) is 4. The third kappa shape index (κ3) is 18.1. The molecule has 0 aromatic rings. The van der Waals surface area contributed by atoms with Crippen LogP contribution in [0.25, 0.3) is 0 Å². The number of hydrogen-bond acceptors (Lipinski definition) is 10. The fourth-order valence-electron chi connectivity index (χ4n) is 2.36. The molecule has 13 heteroatoms. The Morgan fingerprint density at radius 1 is 0.735 bits per heavy atom. The summed E-state index contributed by atoms with van der Waals surface area (Å²) in [5.41, 5.74) is -3.18. The van der Waals surface area contributed by atoms with Crippen molar-refractivity contribution in [2.45, 2.75) is 51.2 Å². The smallest absolute Gasteiger partial charge is 0.336 e. The van der Waals surface area contributed by atoms with E-state index in [1.165, 1.54) is 0 Å². The number of aliphatic hydroxyl groups is 1. The number of esters is 1. The molecule has 1 amide bonds. The van der Waals surface area contributed by atoms with Crippen LogP contribution >= 0.6 is 0 Å². The monoisotopic (exact) mass is 495 g/mol. The SMILES string of the molecule is CC(C)(C)OC(=O)CCOCCOCCOCCOCCNC(=O)CC(O)(CC(=O)O)C(=O)O. The molecule has 34 heavy (non-hydrogen) atoms. The van der Waals surface area contributed by atoms with E-state index in [-0.39, 0.29) is 38.8 Å². The van der Waals surface area contributed by atoms with Crippen LogP contribution in [0.1, 0.15) is 40.0 Å². The molecule has 0 aliphatic heterocycles. The molecule has 0 spiro atoms. The second-order valence-electron chi connectivity index (χ2n) is 8.22. The van der Waals surface area contributed by atoms with Crippen molar-refractivity contribution in [2.24, 2.45) is 0 Å². The summed E-state index contributed by atoms with van der Waals surface area (Å²) in [6.45, 7) is 7.78. The van der Waals surface area contributed by atoms with Crippen LogP contribution in [0.5, 0.6) is 0 Å². The average Bonchev–Trinajstić information content (AvgIpc) is 2.68. The lowest BCUT2D eigenvalue weighted by Gasteiger charge is -2.20. The Bertz CT molecular complexity index is 634. The topological polar surface area (TPSA) is 187 Å². The van der Waals surface area contributed by atoms with Crippen LogP contribution in [-0.4, -0.2) is 110 Å². The van der Waals surface area contributed by atoms with Gasteiger partial charge in [-0.3, -0.25) is 14.4 Å². The molecule has 0 saturated carbocycles. The second kappa shape index (κ2) is 17.2. The van der Waals surface area contributed by atoms with Gasteiger partial charge in [0.05, 0.1) is 72.1 Å². The van der Waals surface area contributed by atoms with E-state index < -0.39 is 41.9 Å². The number of ether oxygens (including phenoxy) is 5. The van der Waals surface area contributed by atoms with E-state index in [1.807, 2.05) is 0 Å². The first-order chi connectivity index (χ1) is 15.9. The molecule has 0 aliphatic carbocycles. The van der Waals surface area contributed by atoms with Crippen molar-refractivity contribution in [1.82, 2.24) is 5.32 Å². The van der Waals surface area contributed by atoms with E-state index in [0.29, 0.717) is 33.0 Å². The molecule has 0 rings (SSSR count). The Kier molecular flexibility index (Phi) is 16.0. The van der Waals surface area contributed by atoms with Gasteiger partial charge in [-0.05, 0) is 20.8 Å². The van der Waals surface area contributed by atoms with Crippen LogP contribution < -0.4 is 5.32 Å². The molecule has 0 aliphatic rings. The van der Waals surface area contributed by atoms with Crippen molar-refractivity contribution >= 4 is 23.8 Å². The first-order valence-electron chi connectivity index (χ1n) is 10.8. The summed E-state index contributed by atoms with van der Waals surface area (Å²) in [6, 6.07) is 0. The van der Waals surface area contributed by atoms with Crippen molar-refractivity contribution in [1.29, 1.82) is 0 Å². The zero-order valence-electron chi connectivity index (χ0n) is 20.0. The summed E-state index contributed by atoms with van der Waals surface area (Å²) in [5, 5.41) is 29.7. The van der Waals surface area contributed by atoms with Gasteiger partial charge in [0.2, 0.25) is 5.91 Å². The summed E-state index contributed by atoms with van der Waals surface area (Å²) < 4.78 is 26.3. The number of aliphatic carboxylic acids is 2. The normalized spacial score (nSPS) is 13.2. The Morgan fingerprint density at radius 2 is 1.21 bits per heavy atom. The Labute approximate surface area is 198 Å². The molecule has 198 valence electrons. The molecule has 0 radical (unpaired) electrons. The predicted octanol–water partition coefficient (Wildman–Crippen LogP) is -0.419. The van der Waals surface area contributed by atoms with Gasteiger partial charge in [-0.25, -0.2) is 4.79 Å². The van der Waals surface area contributed by atoms with Crippen molar-refractivity contribution in [3.8, 4) is 0 Å². The lowest BCUT2D eigenvalue weighted by molar-refractivity contribution is -0.167. The number of nitrogens with one attached hydrogen (secondary N) is 1. The highest BCUT2D eigenvalue weighted by Gasteiger charge is 2.40. The summed E-state index contributed by atoms with van der Waals surface area (Å²) >= 11 is 0. The van der Waals surface area contributed by atoms with Crippen LogP contribution in [-0.2, 0) is 42.9 Å². The van der Waals surface area contributed by atoms with Gasteiger partial charge >= 0.3 is 17.9 Å². The number of carboxylic acids is 2. The largest absolute Gasteiger partial charge is 0.481 e. The number of rotatable bonds is 20. The Balaban J connectivity index is 3.54. The van der Waals surface area contributed by atoms with Gasteiger partial charge in [0, 0.05) is 6.54 Å². The molecule has 0 fully saturated rings. The molecule has 0 heterocycles. The maximum Gasteiger partial charge on any atom is 0.336 e. The highest BCUT2D eigenvalue weighted by atomic mass is 16.6. The van der Waals surface area contributed by atoms with Gasteiger partial charge in [-0.2, -0.15) is 0 Å². The third-order valence-electron chi connectivity index (χ3n) is 3.85. The molecular formula is C21H37NO12. The van der Waals surface area contributed by atoms with Crippen LogP contribution in [0.15, 0.2) is 0 Å². The van der Waals surface area contributed by atoms with E-state index >= 15 is 0 Å². The number of amides is 1. The minimum absolute atomic E-state index is 0.0542. The van der Waals surface area contributed by atoms with Crippen molar-refractivity contribution in [2.75, 3.05) is 59.4 Å². The van der Waals surface area contributed by atoms with Crippen molar-refractivity contribution in [3.63, 3.8) is 0 Å². The van der Waals surface area contributed by atoms with Crippen molar-refractivity contribution in [3.05, 3.63) is 0 Å². The maximum atomic E-state index is 11.7. The average molecular weight is 496 g/mol. The van der Waals surface area contributed by atoms with Crippen molar-refractivity contribution < 1.29 is 58.2 Å². The van der Waals surface area contributed by atoms with E-state index in [0.717, 1.165) is 0 Å². The molecule has 1 unspecified atom stereocenters. The van der Waals surface area contributed by atoms with Gasteiger partial charge in [-0.1, -0.05) is 0 Å². The minimum atomic E-state index is -2.67. The number of carbonyl (C=O) groups is 4. The quantitative estimate of drug-likeness (QED) is 0.126. The van der Waals surface area contributed by atoms with Gasteiger partial charge in [0.15, 0.2) is 5.60 Å². The number of carbonyl (C=O) groups excluding carboxylic acids is 2. The van der Waals surface area contributed by atoms with Crippen LogP contribution in [0.2, 0.25) is 0 Å². The van der Waals surface area contributed by atoms with E-state index in [1.54, 1.807) is 20.8 Å². The number of carboxylic acid groups (broad SMARTS) is 2. The molecule has 0 bridgehead atoms. The van der Waals surface area contributed by atoms with Gasteiger partial charge in [0.1, 0.15) is 5.60 Å². The molecule has 13 nitrogen and oxygen atoms in total. The van der Waals surface area contributed by atoms with Gasteiger partial charge < -0.3 is 44.3 Å². The summed E-state index contributed by atoms with van der Waals surface area (Å²) in [6.07, 6.45) is -1.79. The lowest BCUT2D eigenvalue weighted by Crippen LogP contribution is -2.45. The van der Waals surface area contributed by atoms with Gasteiger partial charge in [0.25, 0.3) is 0 Å². The maximum absolute atomic E-state index is 11.7. The third-order valence-corrected chi connectivity index (χ3v) is 3.85. The fourth-order valence-corrected chi connectivity index (χ4v) is 2.36. The highest BCUT2D eigenvalue weighted by Crippen LogP contribution is 2.16. The van der Waals surface area contributed by atoms with E-state index in [2.05, 4.69) is 5.32 Å². The first kappa shape index (κ1) is 31.7. The zero-order chi connectivity index (χ0) is 26.0. The minimum Gasteiger partial charge on any atom is -0.481 e. The summed E-state index contributed by atoms with van der Waals surface area (Å²) in [7, 11) is 0. The molecule has 4 N–H and O–H groups in total. The highest BCUT2D eigenvalue weighted by molar-refractivity contribution is 5.90. The Hall–Kier alpha value is -2.32. The lowest BCUT2D eigenvalue weighted by atomic mass is 9.95. The summed E-state index contributed by atoms with van der Waals surface area (Å²) in [5.74, 6) is -4.44. The molecular weight excluding hydrogens is 458 g/mol. The molecule has 0 aromatic carbocycles. The van der Waals surface area contributed by atoms with E-state index in [9.17, 15) is 24.3 Å². The molecule has 0 aromatic heterocycles. The standard InChI is InChI=1S/C21H37NO12/c1-20(2,3)34-18(26)4-6-30-8-10-32-12-13-33-11-9-31-7-5-22-16(23)14-21(29,19(27)28)15-17(24)25/h29H,4-15H2,1-3H3,(H,22,23)(H,24,25)(H,27,28). The van der Waals surface area contributed by atoms with Crippen LogP contribution in [0, 0.1) is 0 Å². The fraction of sp³-hybridized carbons (Fsp3) is 0.810. The zero-order valence-corrected chi connectivity index (χ0v) is 20.0. The van der Waals surface area contributed by atoms with Crippen LogP contribution in [0.3, 0.4) is 0 Å². The van der Waals surface area contributed by atoms with Crippen LogP contribution in [0.4, 0.5) is 0 Å². The first-order valence-corrected chi connectivity index (χ1v) is 10.8. The molecule has 1 atom stereocenters. The second-order valence-corrected chi connectivity index (χ2v) is 8.22. The van der Waals surface area contributed by atoms with E-state index in [4.69, 9.17) is 33.9 Å². The molecule has 0 saturated heterocycles. The van der Waals surface area contributed by atoms with Gasteiger partial charge in [-0.15, -0.1) is 0 Å². The summed E-state index contributed by atoms with van der Waals surface area (Å²) in [4.78, 5) is 44.8.